The van der Waals surface area contributed by atoms with Crippen LogP contribution >= 0.6 is 0 Å². The average Bonchev–Trinajstić information content (AvgIpc) is 0.769. The van der Waals surface area contributed by atoms with E-state index >= 15 is 0 Å². The van der Waals surface area contributed by atoms with Crippen LogP contribution < -0.4 is 0 Å². The van der Waals surface area contributed by atoms with Crippen LogP contribution in [0.3, 0.4) is 0 Å². The molecule has 12 nitrogen and oxygen atoms in total. The Morgan fingerprint density at radius 1 is 0.328 bits per heavy atom. The lowest BCUT2D eigenvalue weighted by atomic mass is 9.85. The third kappa shape index (κ3) is 47.5. The molecule has 0 amide bonds. The molecule has 4 aromatic rings. The molecule has 4 rings (SSSR count). The summed E-state index contributed by atoms with van der Waals surface area (Å²) in [6.07, 6.45) is -25.6. The van der Waals surface area contributed by atoms with Gasteiger partial charge in [-0.2, -0.15) is 131 Å². The van der Waals surface area contributed by atoms with Crippen molar-refractivity contribution < 1.29 is 173 Å². The molecule has 5 atom stereocenters. The number of carbonyl (C=O) groups excluding carboxylic acids is 1. The largest absolute Gasteiger partial charge is 0.510 e. The van der Waals surface area contributed by atoms with E-state index in [1.54, 1.807) is 20.8 Å². The Hall–Kier alpha value is -6.53. The SMILES string of the molecule is C.C.C.C.C.C.C.C.C.C.C=CS(=O)(=O)F.C=Cc1ccc(C(O)(C(F)(F)F)C(F)(F)F)cc1.CCC(CCCCCCCCCCC(C)c1ccc(C(O)(C(F)(F)F)C(F)(F)F)cc1)S(=O)(=O)F.CCC(CCCCCCCCCCC(CCCCCCCCCCC(C)c1ccc(C(O)(C(F)(F)F)C(F)(F)F)cc1)c1ccc(C(OC(=O)OC(C)C)(C(F)(F)F)C(F)(F)F)cc1)S(=O)(=O)F.[HH]. The maximum Gasteiger partial charge on any atom is 0.510 e. The summed E-state index contributed by atoms with van der Waals surface area (Å²) in [7, 11) is -13.4. The van der Waals surface area contributed by atoms with Gasteiger partial charge in [-0.3, -0.25) is 0 Å². The fourth-order valence-corrected chi connectivity index (χ4v) is 15.6. The van der Waals surface area contributed by atoms with Gasteiger partial charge >= 0.3 is 91.8 Å². The third-order valence-corrected chi connectivity index (χ3v) is 24.7. The minimum Gasteiger partial charge on any atom is -0.432 e. The van der Waals surface area contributed by atoms with E-state index in [0.717, 1.165) is 172 Å². The molecule has 137 heavy (non-hydrogen) atoms. The first kappa shape index (κ1) is 151. The summed E-state index contributed by atoms with van der Waals surface area (Å²) in [6.45, 7) is 15.4. The van der Waals surface area contributed by atoms with Crippen LogP contribution in [0.15, 0.2) is 116 Å². The van der Waals surface area contributed by atoms with Crippen molar-refractivity contribution in [2.24, 2.45) is 0 Å². The van der Waals surface area contributed by atoms with Crippen LogP contribution in [0.25, 0.3) is 6.08 Å². The van der Waals surface area contributed by atoms with E-state index in [9.17, 15) is 157 Å². The molecule has 4 aromatic carbocycles. The third-order valence-electron chi connectivity index (χ3n) is 21.6. The number of rotatable bonds is 48. The molecule has 814 valence electrons. The van der Waals surface area contributed by atoms with E-state index < -0.39 is 147 Å². The molecular weight excluding hydrogens is 1940 g/mol. The molecular formula is C95H155F27O12S3. The summed E-state index contributed by atoms with van der Waals surface area (Å²) < 4.78 is 427. The molecule has 0 aromatic heterocycles. The van der Waals surface area contributed by atoms with Gasteiger partial charge in [0.2, 0.25) is 0 Å². The van der Waals surface area contributed by atoms with Crippen molar-refractivity contribution in [3.8, 4) is 0 Å². The molecule has 0 aliphatic rings. The highest BCUT2D eigenvalue weighted by atomic mass is 32.3. The highest BCUT2D eigenvalue weighted by Crippen LogP contribution is 2.56. The Bertz CT molecular complexity index is 4130. The van der Waals surface area contributed by atoms with Gasteiger partial charge in [-0.25, -0.2) is 4.79 Å². The minimum atomic E-state index is -6.09. The highest BCUT2D eigenvalue weighted by Gasteiger charge is 2.77. The Kier molecular flexibility index (Phi) is 72.2. The summed E-state index contributed by atoms with van der Waals surface area (Å²) in [5, 5.41) is 26.5. The number of benzene rings is 4. The molecule has 0 heterocycles. The van der Waals surface area contributed by atoms with Gasteiger partial charge in [0.25, 0.3) is 16.8 Å². The quantitative estimate of drug-likeness (QED) is 0.0164. The molecule has 42 heteroatoms. The zero-order chi connectivity index (χ0) is 97.9. The van der Waals surface area contributed by atoms with E-state index in [4.69, 9.17) is 5.11 Å². The van der Waals surface area contributed by atoms with Gasteiger partial charge in [0.1, 0.15) is 0 Å². The summed E-state index contributed by atoms with van der Waals surface area (Å²) in [6, 6.07) is 14.3. The zero-order valence-corrected chi connectivity index (χ0v) is 73.3. The van der Waals surface area contributed by atoms with Crippen molar-refractivity contribution >= 4 is 42.9 Å². The van der Waals surface area contributed by atoms with E-state index in [1.807, 2.05) is 6.92 Å². The Morgan fingerprint density at radius 2 is 0.533 bits per heavy atom. The molecule has 0 saturated heterocycles. The number of unbranched alkanes of at least 4 members (excludes halogenated alkanes) is 21. The van der Waals surface area contributed by atoms with Crippen molar-refractivity contribution in [3.63, 3.8) is 0 Å². The number of hydrogen-bond donors (Lipinski definition) is 3. The second-order valence-corrected chi connectivity index (χ2v) is 35.9. The van der Waals surface area contributed by atoms with Crippen LogP contribution in [0.4, 0.5) is 122 Å². The van der Waals surface area contributed by atoms with Gasteiger partial charge in [-0.15, -0.1) is 11.7 Å². The molecule has 0 aliphatic heterocycles. The number of halogens is 27. The van der Waals surface area contributed by atoms with E-state index in [-0.39, 0.29) is 118 Å². The smallest absolute Gasteiger partial charge is 0.432 e. The molecule has 5 unspecified atom stereocenters. The average molecular weight is 2100 g/mol. The minimum absolute atomic E-state index is 0. The first-order chi connectivity index (χ1) is 58.1. The standard InChI is InChI=1S/C48H67F13O6S.C24H35F7O3S.C11H8F6O.C2H3FO2S.10CH4.H2/c1-5-41(68(61,64)65)25-21-17-13-9-8-12-16-20-24-37(38-28-32-40(33-29-38)44(47(55,56)57,48(58,59)60)67-42(62)66-34(2)3)23-19-15-11-7-6-10-14-18-22-35(4)36-26-30-39(31-27-36)43(63,45(49,50)51)46(52,53)54;1-3-21(35(31,33)34)13-11-9-7-5-4-6-8-10-12-18(2)19-14-16-20(17-15-19)22(32,23(25,26)27)24(28,29)30;1-2-7-3-5-8(6-4-7)9(18,10(12,13)14)11(15,16)17;1-2-6(3,4)5;;;;;;;;;;;/h26-35,37,41,63H,5-25H2,1-4H3;14-18,21,32H,3-13H2,1-2H3;2-6,18H,1H2;2H,1H2;10*1H4;1H. The maximum absolute atomic E-state index is 14.4. The first-order valence-corrected chi connectivity index (χ1v) is 45.5. The molecule has 0 saturated carbocycles. The Morgan fingerprint density at radius 3 is 0.730 bits per heavy atom. The number of aliphatic hydroxyl groups is 3. The molecule has 0 radical (unpaired) electrons. The molecule has 0 fully saturated rings. The van der Waals surface area contributed by atoms with Gasteiger partial charge in [-0.1, -0.05) is 372 Å². The maximum atomic E-state index is 14.4. The van der Waals surface area contributed by atoms with Crippen molar-refractivity contribution in [1.82, 2.24) is 0 Å². The summed E-state index contributed by atoms with van der Waals surface area (Å²) >= 11 is 0. The zero-order valence-electron chi connectivity index (χ0n) is 70.8. The van der Waals surface area contributed by atoms with Crippen molar-refractivity contribution in [2.45, 2.75) is 427 Å². The van der Waals surface area contributed by atoms with E-state index in [1.165, 1.54) is 44.2 Å². The van der Waals surface area contributed by atoms with Gasteiger partial charge in [0.05, 0.1) is 22.0 Å². The second-order valence-electron chi connectivity index (χ2n) is 31.4. The lowest BCUT2D eigenvalue weighted by Crippen LogP contribution is -2.57. The van der Waals surface area contributed by atoms with Gasteiger partial charge in [0.15, 0.2) is 0 Å². The number of carbonyl (C=O) groups is 1. The van der Waals surface area contributed by atoms with Crippen LogP contribution in [0, 0.1) is 0 Å². The van der Waals surface area contributed by atoms with Gasteiger partial charge in [-0.05, 0) is 105 Å². The van der Waals surface area contributed by atoms with Crippen LogP contribution in [-0.2, 0) is 62.5 Å². The topological polar surface area (TPSA) is 199 Å². The number of alkyl halides is 24. The van der Waals surface area contributed by atoms with Gasteiger partial charge in [0, 0.05) is 23.7 Å². The number of ether oxygens (including phenoxy) is 2. The van der Waals surface area contributed by atoms with Crippen molar-refractivity contribution in [2.75, 3.05) is 0 Å². The van der Waals surface area contributed by atoms with Gasteiger partial charge < -0.3 is 24.8 Å². The molecule has 0 aliphatic carbocycles. The fraction of sp³-hybridized carbons (Fsp3) is 0.695. The van der Waals surface area contributed by atoms with E-state index in [2.05, 4.69) is 22.6 Å². The van der Waals surface area contributed by atoms with Crippen molar-refractivity contribution in [1.29, 1.82) is 0 Å². The summed E-state index contributed by atoms with van der Waals surface area (Å²) in [5.41, 5.74) is -22.9. The van der Waals surface area contributed by atoms with Crippen molar-refractivity contribution in [3.05, 3.63) is 160 Å². The summed E-state index contributed by atoms with van der Waals surface area (Å²) in [5.74, 6) is -0.418. The number of hydrogen-bond acceptors (Lipinski definition) is 12. The molecule has 3 N–H and O–H groups in total. The summed E-state index contributed by atoms with van der Waals surface area (Å²) in [4.78, 5) is 12.1. The van der Waals surface area contributed by atoms with Crippen LogP contribution in [0.5, 0.6) is 0 Å². The predicted octanol–water partition coefficient (Wildman–Crippen LogP) is 35.4. The molecule has 0 bridgehead atoms. The lowest BCUT2D eigenvalue weighted by Gasteiger charge is -2.36. The lowest BCUT2D eigenvalue weighted by molar-refractivity contribution is -0.377. The van der Waals surface area contributed by atoms with Crippen LogP contribution in [0.1, 0.15) is 385 Å². The monoisotopic (exact) mass is 2100 g/mol. The Labute approximate surface area is 800 Å². The Balaban J connectivity index is -0.000000214. The van der Waals surface area contributed by atoms with Crippen LogP contribution in [0.2, 0.25) is 0 Å². The van der Waals surface area contributed by atoms with E-state index in [0.29, 0.717) is 109 Å². The first-order valence-electron chi connectivity index (χ1n) is 41.2. The predicted molar refractivity (Wildman–Crippen MR) is 496 cm³/mol. The normalized spacial score (nSPS) is 13.5. The highest BCUT2D eigenvalue weighted by molar-refractivity contribution is 7.89. The fourth-order valence-electron chi connectivity index (χ4n) is 13.9. The second kappa shape index (κ2) is 65.6. The molecule has 0 spiro atoms. The van der Waals surface area contributed by atoms with Crippen LogP contribution in [-0.4, -0.2) is 113 Å².